The number of rotatable bonds is 5. The van der Waals surface area contributed by atoms with Crippen molar-refractivity contribution in [3.8, 4) is 0 Å². The Morgan fingerprint density at radius 1 is 0.973 bits per heavy atom. The standard InChI is InChI=1S/C29H35N3O5/c1-28(2,3)37-26(34)31-19-29(20-31)18-30(15-22-12-8-5-9-13-22)16-24(29)25(33)32-23(17-36-27(32)35)14-21-10-6-4-7-11-21/h4-13,23-24H,14-20H2,1-3H3/t23-,24+/m0/s1. The molecule has 8 heteroatoms. The van der Waals surface area contributed by atoms with Crippen LogP contribution >= 0.6 is 0 Å². The van der Waals surface area contributed by atoms with E-state index in [9.17, 15) is 14.4 Å². The van der Waals surface area contributed by atoms with Crippen molar-refractivity contribution >= 4 is 18.1 Å². The number of hydrogen-bond donors (Lipinski definition) is 0. The zero-order chi connectivity index (χ0) is 26.2. The normalized spacial score (nSPS) is 23.2. The van der Waals surface area contributed by atoms with Gasteiger partial charge in [-0.2, -0.15) is 0 Å². The Morgan fingerprint density at radius 2 is 1.59 bits per heavy atom. The molecule has 3 heterocycles. The molecule has 1 spiro atoms. The van der Waals surface area contributed by atoms with Gasteiger partial charge < -0.3 is 14.4 Å². The fourth-order valence-corrected chi connectivity index (χ4v) is 5.80. The maximum absolute atomic E-state index is 14.0. The van der Waals surface area contributed by atoms with Crippen molar-refractivity contribution in [2.45, 2.75) is 45.4 Å². The zero-order valence-electron chi connectivity index (χ0n) is 21.8. The van der Waals surface area contributed by atoms with Gasteiger partial charge in [-0.3, -0.25) is 9.69 Å². The molecule has 3 saturated heterocycles. The van der Waals surface area contributed by atoms with Crippen molar-refractivity contribution in [1.82, 2.24) is 14.7 Å². The number of ether oxygens (including phenoxy) is 2. The highest BCUT2D eigenvalue weighted by Crippen LogP contribution is 2.46. The van der Waals surface area contributed by atoms with Gasteiger partial charge in [-0.15, -0.1) is 0 Å². The minimum absolute atomic E-state index is 0.191. The van der Waals surface area contributed by atoms with E-state index < -0.39 is 23.0 Å². The molecule has 0 aromatic heterocycles. The van der Waals surface area contributed by atoms with Crippen molar-refractivity contribution in [2.75, 3.05) is 32.8 Å². The maximum Gasteiger partial charge on any atom is 0.416 e. The van der Waals surface area contributed by atoms with Gasteiger partial charge in [0, 0.05) is 38.1 Å². The molecule has 0 unspecified atom stereocenters. The minimum atomic E-state index is -0.589. The summed E-state index contributed by atoms with van der Waals surface area (Å²) in [5, 5.41) is 0. The van der Waals surface area contributed by atoms with E-state index in [0.717, 1.165) is 11.1 Å². The lowest BCUT2D eigenvalue weighted by molar-refractivity contribution is -0.141. The van der Waals surface area contributed by atoms with Crippen LogP contribution in [0.2, 0.25) is 0 Å². The Hall–Kier alpha value is -3.39. The Balaban J connectivity index is 1.35. The number of imide groups is 1. The molecular weight excluding hydrogens is 470 g/mol. The Bertz CT molecular complexity index is 1140. The van der Waals surface area contributed by atoms with Gasteiger partial charge in [-0.25, -0.2) is 14.5 Å². The lowest BCUT2D eigenvalue weighted by Gasteiger charge is -2.50. The largest absolute Gasteiger partial charge is 0.447 e. The molecule has 3 aliphatic heterocycles. The summed E-state index contributed by atoms with van der Waals surface area (Å²) in [5.41, 5.74) is 1.20. The van der Waals surface area contributed by atoms with E-state index >= 15 is 0 Å². The summed E-state index contributed by atoms with van der Waals surface area (Å²) in [6.07, 6.45) is -0.394. The summed E-state index contributed by atoms with van der Waals surface area (Å²) < 4.78 is 10.9. The first-order chi connectivity index (χ1) is 17.6. The number of carbonyl (C=O) groups is 3. The molecule has 3 fully saturated rings. The number of carbonyl (C=O) groups excluding carboxylic acids is 3. The van der Waals surface area contributed by atoms with E-state index in [1.165, 1.54) is 4.90 Å². The molecule has 3 amide bonds. The Kier molecular flexibility index (Phi) is 6.70. The average molecular weight is 506 g/mol. The number of benzene rings is 2. The van der Waals surface area contributed by atoms with Gasteiger partial charge in [0.15, 0.2) is 0 Å². The van der Waals surface area contributed by atoms with Crippen LogP contribution in [0.1, 0.15) is 31.9 Å². The predicted molar refractivity (Wildman–Crippen MR) is 138 cm³/mol. The van der Waals surface area contributed by atoms with Crippen LogP contribution in [0.3, 0.4) is 0 Å². The summed E-state index contributed by atoms with van der Waals surface area (Å²) in [4.78, 5) is 44.8. The van der Waals surface area contributed by atoms with Crippen LogP contribution in [-0.2, 0) is 27.2 Å². The smallest absolute Gasteiger partial charge is 0.416 e. The van der Waals surface area contributed by atoms with Crippen LogP contribution in [0.15, 0.2) is 60.7 Å². The summed E-state index contributed by atoms with van der Waals surface area (Å²) in [5.74, 6) is -0.623. The Labute approximate surface area is 218 Å². The number of cyclic esters (lactones) is 1. The third kappa shape index (κ3) is 5.34. The van der Waals surface area contributed by atoms with E-state index in [4.69, 9.17) is 9.47 Å². The molecule has 0 saturated carbocycles. The van der Waals surface area contributed by atoms with Gasteiger partial charge in [0.2, 0.25) is 5.91 Å². The van der Waals surface area contributed by atoms with Gasteiger partial charge in [0.05, 0.1) is 12.0 Å². The highest BCUT2D eigenvalue weighted by Gasteiger charge is 2.60. The fourth-order valence-electron chi connectivity index (χ4n) is 5.80. The van der Waals surface area contributed by atoms with Gasteiger partial charge >= 0.3 is 12.2 Å². The van der Waals surface area contributed by atoms with Crippen LogP contribution in [0, 0.1) is 11.3 Å². The first-order valence-corrected chi connectivity index (χ1v) is 12.9. The fraction of sp³-hybridized carbons (Fsp3) is 0.483. The first kappa shape index (κ1) is 25.3. The molecule has 0 radical (unpaired) electrons. The molecule has 2 aromatic rings. The second-order valence-corrected chi connectivity index (χ2v) is 11.5. The lowest BCUT2D eigenvalue weighted by Crippen LogP contribution is -2.65. The first-order valence-electron chi connectivity index (χ1n) is 12.9. The Morgan fingerprint density at radius 3 is 2.22 bits per heavy atom. The predicted octanol–water partition coefficient (Wildman–Crippen LogP) is 3.95. The molecule has 0 N–H and O–H groups in total. The number of nitrogens with zero attached hydrogens (tertiary/aromatic N) is 3. The van der Waals surface area contributed by atoms with Crippen molar-refractivity contribution < 1.29 is 23.9 Å². The minimum Gasteiger partial charge on any atom is -0.447 e. The number of likely N-dealkylation sites (tertiary alicyclic amines) is 2. The summed E-state index contributed by atoms with van der Waals surface area (Å²) in [6, 6.07) is 19.6. The topological polar surface area (TPSA) is 79.4 Å². The maximum atomic E-state index is 14.0. The highest BCUT2D eigenvalue weighted by molar-refractivity contribution is 5.95. The highest BCUT2D eigenvalue weighted by atomic mass is 16.6. The quantitative estimate of drug-likeness (QED) is 0.612. The molecule has 2 aromatic carbocycles. The molecule has 0 bridgehead atoms. The van der Waals surface area contributed by atoms with Gasteiger partial charge in [-0.1, -0.05) is 60.7 Å². The summed E-state index contributed by atoms with van der Waals surface area (Å²) >= 11 is 0. The van der Waals surface area contributed by atoms with Crippen molar-refractivity contribution in [2.24, 2.45) is 11.3 Å². The van der Waals surface area contributed by atoms with Gasteiger partial charge in [-0.05, 0) is 38.3 Å². The summed E-state index contributed by atoms with van der Waals surface area (Å²) in [6.45, 7) is 8.47. The van der Waals surface area contributed by atoms with Crippen molar-refractivity contribution in [1.29, 1.82) is 0 Å². The zero-order valence-corrected chi connectivity index (χ0v) is 21.8. The molecule has 196 valence electrons. The van der Waals surface area contributed by atoms with Crippen LogP contribution in [0.25, 0.3) is 0 Å². The van der Waals surface area contributed by atoms with Crippen LogP contribution in [-0.4, -0.2) is 77.2 Å². The second kappa shape index (κ2) is 9.82. The third-order valence-electron chi connectivity index (χ3n) is 7.44. The van der Waals surface area contributed by atoms with Gasteiger partial charge in [0.1, 0.15) is 12.2 Å². The molecule has 8 nitrogen and oxygen atoms in total. The number of hydrogen-bond acceptors (Lipinski definition) is 6. The molecule has 0 aliphatic carbocycles. The van der Waals surface area contributed by atoms with E-state index in [1.54, 1.807) is 4.90 Å². The van der Waals surface area contributed by atoms with Crippen LogP contribution in [0.5, 0.6) is 0 Å². The van der Waals surface area contributed by atoms with Gasteiger partial charge in [0.25, 0.3) is 0 Å². The monoisotopic (exact) mass is 505 g/mol. The van der Waals surface area contributed by atoms with E-state index in [-0.39, 0.29) is 24.6 Å². The third-order valence-corrected chi connectivity index (χ3v) is 7.44. The molecular formula is C29H35N3O5. The molecule has 2 atom stereocenters. The average Bonchev–Trinajstić information content (AvgIpc) is 3.38. The second-order valence-electron chi connectivity index (χ2n) is 11.5. The number of amides is 3. The van der Waals surface area contributed by atoms with Crippen molar-refractivity contribution in [3.05, 3.63) is 71.8 Å². The van der Waals surface area contributed by atoms with E-state index in [1.807, 2.05) is 69.3 Å². The summed E-state index contributed by atoms with van der Waals surface area (Å²) in [7, 11) is 0. The molecule has 3 aliphatic rings. The SMILES string of the molecule is CC(C)(C)OC(=O)N1CC2(CN(Cc3ccccc3)C[C@@H]2C(=O)N2C(=O)OC[C@@H]2Cc2ccccc2)C1. The molecule has 37 heavy (non-hydrogen) atoms. The lowest BCUT2D eigenvalue weighted by atomic mass is 9.71. The van der Waals surface area contributed by atoms with E-state index in [2.05, 4.69) is 17.0 Å². The van der Waals surface area contributed by atoms with Crippen molar-refractivity contribution in [3.63, 3.8) is 0 Å². The van der Waals surface area contributed by atoms with Crippen LogP contribution < -0.4 is 0 Å². The van der Waals surface area contributed by atoms with Crippen LogP contribution in [0.4, 0.5) is 9.59 Å². The van der Waals surface area contributed by atoms with E-state index in [0.29, 0.717) is 39.1 Å². The molecule has 5 rings (SSSR count).